The minimum Gasteiger partial charge on any atom is -0.462 e. The third-order valence-electron chi connectivity index (χ3n) is 1.87. The van der Waals surface area contributed by atoms with Gasteiger partial charge in [-0.15, -0.1) is 0 Å². The fraction of sp³-hybridized carbons (Fsp3) is 0.200. The number of hydrogen-bond acceptors (Lipinski definition) is 5. The van der Waals surface area contributed by atoms with Crippen molar-refractivity contribution in [3.8, 4) is 0 Å². The van der Waals surface area contributed by atoms with Crippen molar-refractivity contribution in [3.63, 3.8) is 0 Å². The van der Waals surface area contributed by atoms with Crippen LogP contribution < -0.4 is 11.3 Å². The predicted molar refractivity (Wildman–Crippen MR) is 55.6 cm³/mol. The van der Waals surface area contributed by atoms with E-state index in [1.165, 1.54) is 6.07 Å². The largest absolute Gasteiger partial charge is 0.462 e. The van der Waals surface area contributed by atoms with Crippen LogP contribution in [0.3, 0.4) is 0 Å². The van der Waals surface area contributed by atoms with Crippen LogP contribution >= 0.6 is 0 Å². The zero-order chi connectivity index (χ0) is 11.3. The molecule has 80 valence electrons. The molecule has 0 spiro atoms. The third-order valence-corrected chi connectivity index (χ3v) is 1.87. The maximum Gasteiger partial charge on any atom is 0.338 e. The minimum atomic E-state index is -0.531. The summed E-state index contributed by atoms with van der Waals surface area (Å²) in [5, 5.41) is 0. The fourth-order valence-electron chi connectivity index (χ4n) is 1.20. The third kappa shape index (κ3) is 2.32. The lowest BCUT2D eigenvalue weighted by molar-refractivity contribution is 0.0524. The Morgan fingerprint density at radius 3 is 2.87 bits per heavy atom. The van der Waals surface area contributed by atoms with Crippen LogP contribution in [0.25, 0.3) is 0 Å². The molecular formula is C10H12N2O3. The number of benzene rings is 1. The molecule has 0 aliphatic rings. The van der Waals surface area contributed by atoms with E-state index in [-0.39, 0.29) is 17.7 Å². The lowest BCUT2D eigenvalue weighted by Crippen LogP contribution is -2.13. The zero-order valence-corrected chi connectivity index (χ0v) is 8.32. The number of aldehydes is 1. The summed E-state index contributed by atoms with van der Waals surface area (Å²) in [6, 6.07) is 4.74. The molecule has 0 radical (unpaired) electrons. The van der Waals surface area contributed by atoms with E-state index in [0.717, 1.165) is 0 Å². The van der Waals surface area contributed by atoms with E-state index in [4.69, 9.17) is 10.6 Å². The standard InChI is InChI=1S/C10H12N2O3/c1-2-15-10(14)7-4-3-5-9(12-11)8(7)6-13/h3-6,12H,2,11H2,1H3. The van der Waals surface area contributed by atoms with Gasteiger partial charge in [-0.05, 0) is 19.1 Å². The van der Waals surface area contributed by atoms with Gasteiger partial charge in [-0.3, -0.25) is 10.6 Å². The van der Waals surface area contributed by atoms with Crippen LogP contribution in [0.4, 0.5) is 5.69 Å². The SMILES string of the molecule is CCOC(=O)c1cccc(NN)c1C=O. The van der Waals surface area contributed by atoms with Crippen molar-refractivity contribution < 1.29 is 14.3 Å². The van der Waals surface area contributed by atoms with Gasteiger partial charge in [0, 0.05) is 0 Å². The van der Waals surface area contributed by atoms with E-state index >= 15 is 0 Å². The summed E-state index contributed by atoms with van der Waals surface area (Å²) < 4.78 is 4.80. The number of nitrogen functional groups attached to an aromatic ring is 1. The second-order valence-corrected chi connectivity index (χ2v) is 2.75. The first-order chi connectivity index (χ1) is 7.24. The van der Waals surface area contributed by atoms with Crippen molar-refractivity contribution in [2.24, 2.45) is 5.84 Å². The first-order valence-electron chi connectivity index (χ1n) is 4.46. The minimum absolute atomic E-state index is 0.207. The summed E-state index contributed by atoms with van der Waals surface area (Å²) >= 11 is 0. The molecule has 0 fully saturated rings. The van der Waals surface area contributed by atoms with Crippen LogP contribution in [-0.4, -0.2) is 18.9 Å². The van der Waals surface area contributed by atoms with Gasteiger partial charge in [-0.25, -0.2) is 4.79 Å². The van der Waals surface area contributed by atoms with Gasteiger partial charge in [0.25, 0.3) is 0 Å². The number of nitrogens with one attached hydrogen (secondary N) is 1. The topological polar surface area (TPSA) is 81.4 Å². The first-order valence-corrected chi connectivity index (χ1v) is 4.46. The van der Waals surface area contributed by atoms with Crippen LogP contribution in [0, 0.1) is 0 Å². The molecule has 0 saturated heterocycles. The lowest BCUT2D eigenvalue weighted by Gasteiger charge is -2.08. The number of ether oxygens (including phenoxy) is 1. The Labute approximate surface area is 87.2 Å². The Balaban J connectivity index is 3.16. The molecule has 1 aromatic rings. The van der Waals surface area contributed by atoms with Crippen LogP contribution in [0.5, 0.6) is 0 Å². The molecule has 1 aromatic carbocycles. The van der Waals surface area contributed by atoms with Gasteiger partial charge in [0.05, 0.1) is 23.4 Å². The molecule has 5 heteroatoms. The number of esters is 1. The van der Waals surface area contributed by atoms with Crippen LogP contribution in [-0.2, 0) is 4.74 Å². The van der Waals surface area contributed by atoms with E-state index in [1.807, 2.05) is 0 Å². The molecular weight excluding hydrogens is 196 g/mol. The average molecular weight is 208 g/mol. The highest BCUT2D eigenvalue weighted by Gasteiger charge is 2.14. The van der Waals surface area contributed by atoms with Crippen molar-refractivity contribution in [1.29, 1.82) is 0 Å². The Hall–Kier alpha value is -1.88. The lowest BCUT2D eigenvalue weighted by atomic mass is 10.1. The molecule has 0 amide bonds. The number of nitrogens with two attached hydrogens (primary N) is 1. The fourth-order valence-corrected chi connectivity index (χ4v) is 1.20. The van der Waals surface area contributed by atoms with E-state index < -0.39 is 5.97 Å². The molecule has 0 saturated carbocycles. The quantitative estimate of drug-likeness (QED) is 0.333. The van der Waals surface area contributed by atoms with Crippen molar-refractivity contribution in [1.82, 2.24) is 0 Å². The number of rotatable bonds is 4. The van der Waals surface area contributed by atoms with Gasteiger partial charge in [0.15, 0.2) is 6.29 Å². The number of carbonyl (C=O) groups excluding carboxylic acids is 2. The molecule has 15 heavy (non-hydrogen) atoms. The van der Waals surface area contributed by atoms with Gasteiger partial charge < -0.3 is 10.2 Å². The van der Waals surface area contributed by atoms with Gasteiger partial charge in [-0.1, -0.05) is 6.07 Å². The maximum absolute atomic E-state index is 11.4. The Morgan fingerprint density at radius 2 is 2.33 bits per heavy atom. The molecule has 0 heterocycles. The van der Waals surface area contributed by atoms with Gasteiger partial charge in [0.1, 0.15) is 0 Å². The van der Waals surface area contributed by atoms with Crippen LogP contribution in [0.2, 0.25) is 0 Å². The molecule has 0 bridgehead atoms. The number of carbonyl (C=O) groups is 2. The molecule has 0 aliphatic heterocycles. The highest BCUT2D eigenvalue weighted by atomic mass is 16.5. The maximum atomic E-state index is 11.4. The summed E-state index contributed by atoms with van der Waals surface area (Å²) in [5.74, 6) is 4.68. The summed E-state index contributed by atoms with van der Waals surface area (Å²) in [6.07, 6.45) is 0.571. The van der Waals surface area contributed by atoms with Gasteiger partial charge in [0.2, 0.25) is 0 Å². The molecule has 0 aromatic heterocycles. The molecule has 5 nitrogen and oxygen atoms in total. The number of hydrogen-bond donors (Lipinski definition) is 2. The highest BCUT2D eigenvalue weighted by molar-refractivity contribution is 6.01. The summed E-state index contributed by atoms with van der Waals surface area (Å²) in [7, 11) is 0. The van der Waals surface area contributed by atoms with Crippen LogP contribution in [0.15, 0.2) is 18.2 Å². The highest BCUT2D eigenvalue weighted by Crippen LogP contribution is 2.17. The van der Waals surface area contributed by atoms with E-state index in [9.17, 15) is 9.59 Å². The molecule has 3 N–H and O–H groups in total. The average Bonchev–Trinajstić information content (AvgIpc) is 2.28. The second-order valence-electron chi connectivity index (χ2n) is 2.75. The van der Waals surface area contributed by atoms with E-state index in [1.54, 1.807) is 19.1 Å². The van der Waals surface area contributed by atoms with Crippen molar-refractivity contribution in [3.05, 3.63) is 29.3 Å². The number of hydrazine groups is 1. The Morgan fingerprint density at radius 1 is 1.60 bits per heavy atom. The molecule has 1 rings (SSSR count). The monoisotopic (exact) mass is 208 g/mol. The second kappa shape index (κ2) is 5.11. The summed E-state index contributed by atoms with van der Waals surface area (Å²) in [4.78, 5) is 22.3. The predicted octanol–water partition coefficient (Wildman–Crippen LogP) is 0.961. The Kier molecular flexibility index (Phi) is 3.82. The smallest absolute Gasteiger partial charge is 0.338 e. The van der Waals surface area contributed by atoms with Crippen LogP contribution in [0.1, 0.15) is 27.6 Å². The van der Waals surface area contributed by atoms with E-state index in [2.05, 4.69) is 5.43 Å². The van der Waals surface area contributed by atoms with E-state index in [0.29, 0.717) is 12.0 Å². The van der Waals surface area contributed by atoms with Gasteiger partial charge in [-0.2, -0.15) is 0 Å². The first kappa shape index (κ1) is 11.2. The summed E-state index contributed by atoms with van der Waals surface area (Å²) in [5.41, 5.74) is 3.16. The van der Waals surface area contributed by atoms with Crippen molar-refractivity contribution in [2.45, 2.75) is 6.92 Å². The molecule has 0 atom stereocenters. The van der Waals surface area contributed by atoms with Crippen molar-refractivity contribution >= 4 is 17.9 Å². The van der Waals surface area contributed by atoms with Gasteiger partial charge >= 0.3 is 5.97 Å². The molecule has 0 unspecified atom stereocenters. The molecule has 0 aliphatic carbocycles. The number of anilines is 1. The van der Waals surface area contributed by atoms with Crippen molar-refractivity contribution in [2.75, 3.05) is 12.0 Å². The normalized spacial score (nSPS) is 9.47. The zero-order valence-electron chi connectivity index (χ0n) is 8.32. The Bertz CT molecular complexity index is 377. The summed E-state index contributed by atoms with van der Waals surface area (Å²) in [6.45, 7) is 1.96.